The predicted octanol–water partition coefficient (Wildman–Crippen LogP) is 3.70. The Morgan fingerprint density at radius 3 is 2.79 bits per heavy atom. The van der Waals surface area contributed by atoms with Crippen LogP contribution in [-0.4, -0.2) is 22.4 Å². The molecule has 0 aliphatic heterocycles. The lowest BCUT2D eigenvalue weighted by Gasteiger charge is -2.36. The molecule has 3 unspecified atom stereocenters. The highest BCUT2D eigenvalue weighted by atomic mass is 79.9. The fraction of sp³-hybridized carbons (Fsp3) is 0.800. The second-order valence-electron chi connectivity index (χ2n) is 6.35. The van der Waals surface area contributed by atoms with Gasteiger partial charge in [-0.1, -0.05) is 27.2 Å². The molecule has 108 valence electrons. The average molecular weight is 328 g/mol. The number of nitrogens with zero attached hydrogens (tertiary/aromatic N) is 2. The van der Waals surface area contributed by atoms with E-state index >= 15 is 0 Å². The lowest BCUT2D eigenvalue weighted by Crippen LogP contribution is -2.35. The third-order valence-electron chi connectivity index (χ3n) is 4.33. The Morgan fingerprint density at radius 2 is 2.21 bits per heavy atom. The van der Waals surface area contributed by atoms with Crippen molar-refractivity contribution in [2.45, 2.75) is 52.0 Å². The molecule has 1 N–H and O–H groups in total. The first-order valence-corrected chi connectivity index (χ1v) is 8.19. The van der Waals surface area contributed by atoms with Gasteiger partial charge in [-0.05, 0) is 47.2 Å². The van der Waals surface area contributed by atoms with Crippen LogP contribution in [0, 0.1) is 11.8 Å². The first kappa shape index (κ1) is 15.0. The zero-order chi connectivity index (χ0) is 14.0. The summed E-state index contributed by atoms with van der Waals surface area (Å²) in [5, 5.41) is 8.01. The number of hydrogen-bond donors (Lipinski definition) is 1. The fourth-order valence-electron chi connectivity index (χ4n) is 3.25. The molecule has 0 saturated heterocycles. The van der Waals surface area contributed by atoms with Crippen molar-refractivity contribution in [3.05, 3.63) is 16.4 Å². The molecule has 1 fully saturated rings. The summed E-state index contributed by atoms with van der Waals surface area (Å²) in [5.41, 5.74) is 1.38. The van der Waals surface area contributed by atoms with Gasteiger partial charge in [0.25, 0.3) is 0 Å². The highest BCUT2D eigenvalue weighted by Crippen LogP contribution is 2.42. The van der Waals surface area contributed by atoms with Crippen molar-refractivity contribution in [3.8, 4) is 0 Å². The van der Waals surface area contributed by atoms with Gasteiger partial charge in [0.15, 0.2) is 0 Å². The molecule has 0 bridgehead atoms. The minimum atomic E-state index is 0.565. The van der Waals surface area contributed by atoms with Crippen molar-refractivity contribution in [1.29, 1.82) is 0 Å². The van der Waals surface area contributed by atoms with Crippen LogP contribution in [0.4, 0.5) is 0 Å². The van der Waals surface area contributed by atoms with E-state index in [-0.39, 0.29) is 0 Å². The number of halogens is 1. The van der Waals surface area contributed by atoms with E-state index in [0.717, 1.165) is 18.4 Å². The van der Waals surface area contributed by atoms with Crippen LogP contribution in [-0.2, 0) is 7.05 Å². The van der Waals surface area contributed by atoms with E-state index in [1.54, 1.807) is 0 Å². The van der Waals surface area contributed by atoms with Crippen LogP contribution in [0.2, 0.25) is 0 Å². The molecular formula is C15H26BrN3. The smallest absolute Gasteiger partial charge is 0.0635 e. The van der Waals surface area contributed by atoms with E-state index in [2.05, 4.69) is 58.8 Å². The highest BCUT2D eigenvalue weighted by molar-refractivity contribution is 9.10. The molecular weight excluding hydrogens is 302 g/mol. The molecule has 0 amide bonds. The molecule has 0 radical (unpaired) electrons. The summed E-state index contributed by atoms with van der Waals surface area (Å²) in [4.78, 5) is 0. The Bertz CT molecular complexity index is 394. The van der Waals surface area contributed by atoms with Gasteiger partial charge in [-0.3, -0.25) is 4.68 Å². The number of hydrogen-bond acceptors (Lipinski definition) is 2. The van der Waals surface area contributed by atoms with Gasteiger partial charge >= 0.3 is 0 Å². The molecule has 0 aromatic carbocycles. The van der Waals surface area contributed by atoms with E-state index in [1.165, 1.54) is 29.4 Å². The monoisotopic (exact) mass is 327 g/mol. The summed E-state index contributed by atoms with van der Waals surface area (Å²) < 4.78 is 3.22. The molecule has 1 aromatic rings. The molecule has 1 aliphatic carbocycles. The van der Waals surface area contributed by atoms with Crippen molar-refractivity contribution < 1.29 is 0 Å². The van der Waals surface area contributed by atoms with Gasteiger partial charge < -0.3 is 5.32 Å². The standard InChI is InChI=1S/C15H26BrN3/c1-10(2)17-8-12-6-5-11(3)7-13(12)15-14(16)9-18-19(15)4/h9-13,17H,5-8H2,1-4H3. The largest absolute Gasteiger partial charge is 0.314 e. The Labute approximate surface area is 125 Å². The quantitative estimate of drug-likeness (QED) is 0.913. The average Bonchev–Trinajstić information content (AvgIpc) is 2.67. The molecule has 4 heteroatoms. The summed E-state index contributed by atoms with van der Waals surface area (Å²) in [6.45, 7) is 7.94. The van der Waals surface area contributed by atoms with Crippen LogP contribution in [0.5, 0.6) is 0 Å². The van der Waals surface area contributed by atoms with Gasteiger partial charge in [-0.15, -0.1) is 0 Å². The molecule has 2 rings (SSSR count). The van der Waals surface area contributed by atoms with Crippen LogP contribution in [0.25, 0.3) is 0 Å². The maximum Gasteiger partial charge on any atom is 0.0635 e. The van der Waals surface area contributed by atoms with E-state index in [4.69, 9.17) is 0 Å². The third kappa shape index (κ3) is 3.60. The maximum atomic E-state index is 4.40. The van der Waals surface area contributed by atoms with Gasteiger partial charge in [0.1, 0.15) is 0 Å². The summed E-state index contributed by atoms with van der Waals surface area (Å²) in [6.07, 6.45) is 5.89. The fourth-order valence-corrected chi connectivity index (χ4v) is 3.89. The summed E-state index contributed by atoms with van der Waals surface area (Å²) in [5.74, 6) is 2.17. The number of rotatable bonds is 4. The maximum absolute atomic E-state index is 4.40. The summed E-state index contributed by atoms with van der Waals surface area (Å²) >= 11 is 3.68. The Hall–Kier alpha value is -0.350. The van der Waals surface area contributed by atoms with Crippen molar-refractivity contribution in [2.75, 3.05) is 6.54 Å². The van der Waals surface area contributed by atoms with E-state index in [1.807, 2.05) is 6.20 Å². The lowest BCUT2D eigenvalue weighted by atomic mass is 9.73. The molecule has 1 aliphatic rings. The van der Waals surface area contributed by atoms with Gasteiger partial charge in [-0.25, -0.2) is 0 Å². The number of nitrogens with one attached hydrogen (secondary N) is 1. The van der Waals surface area contributed by atoms with E-state index < -0.39 is 0 Å². The molecule has 3 nitrogen and oxygen atoms in total. The molecule has 19 heavy (non-hydrogen) atoms. The van der Waals surface area contributed by atoms with Crippen LogP contribution in [0.15, 0.2) is 10.7 Å². The second-order valence-corrected chi connectivity index (χ2v) is 7.20. The first-order valence-electron chi connectivity index (χ1n) is 7.39. The predicted molar refractivity (Wildman–Crippen MR) is 83.3 cm³/mol. The first-order chi connectivity index (χ1) is 8.99. The van der Waals surface area contributed by atoms with E-state index in [9.17, 15) is 0 Å². The van der Waals surface area contributed by atoms with Gasteiger partial charge in [0.05, 0.1) is 16.4 Å². The number of aryl methyl sites for hydroxylation is 1. The van der Waals surface area contributed by atoms with Crippen molar-refractivity contribution >= 4 is 15.9 Å². The SMILES string of the molecule is CC1CCC(CNC(C)C)C(c2c(Br)cnn2C)C1. The summed E-state index contributed by atoms with van der Waals surface area (Å²) in [6, 6.07) is 0.565. The molecule has 1 aromatic heterocycles. The Kier molecular flexibility index (Phi) is 5.07. The van der Waals surface area contributed by atoms with Gasteiger partial charge in [-0.2, -0.15) is 5.10 Å². The minimum absolute atomic E-state index is 0.565. The molecule has 1 heterocycles. The van der Waals surface area contributed by atoms with Crippen LogP contribution >= 0.6 is 15.9 Å². The van der Waals surface area contributed by atoms with Gasteiger partial charge in [0, 0.05) is 19.0 Å². The Morgan fingerprint density at radius 1 is 1.47 bits per heavy atom. The van der Waals surface area contributed by atoms with Crippen LogP contribution in [0.3, 0.4) is 0 Å². The van der Waals surface area contributed by atoms with Crippen molar-refractivity contribution in [1.82, 2.24) is 15.1 Å². The van der Waals surface area contributed by atoms with E-state index in [0.29, 0.717) is 12.0 Å². The normalized spacial score (nSPS) is 28.0. The zero-order valence-electron chi connectivity index (χ0n) is 12.5. The topological polar surface area (TPSA) is 29.9 Å². The van der Waals surface area contributed by atoms with Gasteiger partial charge in [0.2, 0.25) is 0 Å². The second kappa shape index (κ2) is 6.40. The van der Waals surface area contributed by atoms with Crippen LogP contribution in [0.1, 0.15) is 51.6 Å². The zero-order valence-corrected chi connectivity index (χ0v) is 14.1. The minimum Gasteiger partial charge on any atom is -0.314 e. The third-order valence-corrected chi connectivity index (χ3v) is 4.94. The number of aromatic nitrogens is 2. The van der Waals surface area contributed by atoms with Crippen LogP contribution < -0.4 is 5.32 Å². The lowest BCUT2D eigenvalue weighted by molar-refractivity contribution is 0.230. The molecule has 0 spiro atoms. The molecule has 3 atom stereocenters. The van der Waals surface area contributed by atoms with Crippen molar-refractivity contribution in [3.63, 3.8) is 0 Å². The molecule has 1 saturated carbocycles. The highest BCUT2D eigenvalue weighted by Gasteiger charge is 2.32. The summed E-state index contributed by atoms with van der Waals surface area (Å²) in [7, 11) is 2.06. The van der Waals surface area contributed by atoms with Crippen molar-refractivity contribution in [2.24, 2.45) is 18.9 Å². The Balaban J connectivity index is 2.17.